The molecule has 0 bridgehead atoms. The van der Waals surface area contributed by atoms with Gasteiger partial charge >= 0.3 is 0 Å². The summed E-state index contributed by atoms with van der Waals surface area (Å²) in [5.41, 5.74) is 3.99. The van der Waals surface area contributed by atoms with E-state index >= 15 is 0 Å². The molecule has 0 aromatic heterocycles. The second kappa shape index (κ2) is 10.4. The first-order chi connectivity index (χ1) is 15.2. The molecular formula is C25H34N2O4. The predicted octanol–water partition coefficient (Wildman–Crippen LogP) is 3.10. The number of fused-ring (bicyclic) bond motifs is 1. The molecule has 168 valence electrons. The second-order valence-corrected chi connectivity index (χ2v) is 8.45. The molecule has 1 unspecified atom stereocenters. The minimum absolute atomic E-state index is 0.0374. The number of methoxy groups -OCH3 is 2. The zero-order chi connectivity index (χ0) is 21.6. The van der Waals surface area contributed by atoms with Crippen LogP contribution < -0.4 is 14.2 Å². The van der Waals surface area contributed by atoms with E-state index in [1.54, 1.807) is 14.2 Å². The summed E-state index contributed by atoms with van der Waals surface area (Å²) in [7, 11) is 3.40. The molecule has 1 fully saturated rings. The molecule has 0 saturated carbocycles. The molecule has 6 heteroatoms. The van der Waals surface area contributed by atoms with Gasteiger partial charge in [0.15, 0.2) is 11.5 Å². The summed E-state index contributed by atoms with van der Waals surface area (Å²) in [6.45, 7) is 5.59. The van der Waals surface area contributed by atoms with Crippen molar-refractivity contribution in [2.75, 3.05) is 47.1 Å². The predicted molar refractivity (Wildman–Crippen MR) is 121 cm³/mol. The van der Waals surface area contributed by atoms with Gasteiger partial charge in [0.25, 0.3) is 0 Å². The Morgan fingerprint density at radius 2 is 1.84 bits per heavy atom. The lowest BCUT2D eigenvalue weighted by Crippen LogP contribution is -2.49. The van der Waals surface area contributed by atoms with Crippen LogP contribution in [0.15, 0.2) is 36.4 Å². The third-order valence-electron chi connectivity index (χ3n) is 6.41. The van der Waals surface area contributed by atoms with Crippen LogP contribution in [-0.2, 0) is 19.5 Å². The number of aliphatic hydroxyl groups excluding tert-OH is 1. The average Bonchev–Trinajstić information content (AvgIpc) is 2.81. The first-order valence-corrected chi connectivity index (χ1v) is 11.2. The normalized spacial score (nSPS) is 19.6. The van der Waals surface area contributed by atoms with E-state index in [0.29, 0.717) is 12.6 Å². The Balaban J connectivity index is 1.39. The molecular weight excluding hydrogens is 392 g/mol. The van der Waals surface area contributed by atoms with Gasteiger partial charge in [0.2, 0.25) is 0 Å². The number of piperidine rings is 1. The summed E-state index contributed by atoms with van der Waals surface area (Å²) >= 11 is 0. The Kier molecular flexibility index (Phi) is 7.33. The summed E-state index contributed by atoms with van der Waals surface area (Å²) < 4.78 is 16.6. The zero-order valence-corrected chi connectivity index (χ0v) is 18.7. The SMILES string of the molecule is COc1cc2c(cc1OC)CN(C1CCCN(Cc3cccc(OCCO)c3)C1)CC2. The number of rotatable bonds is 8. The van der Waals surface area contributed by atoms with Gasteiger partial charge < -0.3 is 19.3 Å². The highest BCUT2D eigenvalue weighted by Crippen LogP contribution is 2.34. The maximum Gasteiger partial charge on any atom is 0.161 e. The fourth-order valence-electron chi connectivity index (χ4n) is 4.84. The largest absolute Gasteiger partial charge is 0.493 e. The van der Waals surface area contributed by atoms with Crippen molar-refractivity contribution >= 4 is 0 Å². The van der Waals surface area contributed by atoms with Gasteiger partial charge in [-0.1, -0.05) is 12.1 Å². The van der Waals surface area contributed by atoms with Crippen molar-refractivity contribution in [2.45, 2.75) is 38.4 Å². The van der Waals surface area contributed by atoms with E-state index in [0.717, 1.165) is 56.4 Å². The van der Waals surface area contributed by atoms with Crippen molar-refractivity contribution in [1.29, 1.82) is 0 Å². The third-order valence-corrected chi connectivity index (χ3v) is 6.41. The number of aliphatic hydroxyl groups is 1. The minimum Gasteiger partial charge on any atom is -0.493 e. The molecule has 4 rings (SSSR count). The number of benzene rings is 2. The maximum absolute atomic E-state index is 8.98. The van der Waals surface area contributed by atoms with Crippen LogP contribution in [0, 0.1) is 0 Å². The van der Waals surface area contributed by atoms with Gasteiger partial charge in [-0.3, -0.25) is 9.80 Å². The van der Waals surface area contributed by atoms with Gasteiger partial charge in [0, 0.05) is 32.2 Å². The number of hydrogen-bond acceptors (Lipinski definition) is 6. The quantitative estimate of drug-likeness (QED) is 0.700. The lowest BCUT2D eigenvalue weighted by Gasteiger charge is -2.41. The van der Waals surface area contributed by atoms with Crippen LogP contribution in [0.25, 0.3) is 0 Å². The highest BCUT2D eigenvalue weighted by molar-refractivity contribution is 5.48. The van der Waals surface area contributed by atoms with E-state index in [2.05, 4.69) is 34.1 Å². The van der Waals surface area contributed by atoms with E-state index in [1.807, 2.05) is 12.1 Å². The first-order valence-electron chi connectivity index (χ1n) is 11.2. The Hall–Kier alpha value is -2.28. The number of nitrogens with zero attached hydrogens (tertiary/aromatic N) is 2. The van der Waals surface area contributed by atoms with Gasteiger partial charge in [-0.15, -0.1) is 0 Å². The van der Waals surface area contributed by atoms with Gasteiger partial charge in [0.05, 0.1) is 20.8 Å². The van der Waals surface area contributed by atoms with Crippen molar-refractivity contribution in [1.82, 2.24) is 9.80 Å². The molecule has 2 aromatic rings. The van der Waals surface area contributed by atoms with Crippen molar-refractivity contribution in [3.63, 3.8) is 0 Å². The Labute approximate surface area is 185 Å². The monoisotopic (exact) mass is 426 g/mol. The molecule has 0 aliphatic carbocycles. The Morgan fingerprint density at radius 1 is 1.03 bits per heavy atom. The van der Waals surface area contributed by atoms with E-state index in [4.69, 9.17) is 19.3 Å². The van der Waals surface area contributed by atoms with Crippen LogP contribution in [0.5, 0.6) is 17.2 Å². The van der Waals surface area contributed by atoms with E-state index in [-0.39, 0.29) is 6.61 Å². The standard InChI is InChI=1S/C25H34N2O4/c1-29-24-14-20-8-10-27(17-21(20)15-25(24)30-2)22-6-4-9-26(18-22)16-19-5-3-7-23(13-19)31-12-11-28/h3,5,7,13-15,22,28H,4,6,8-12,16-18H2,1-2H3. The maximum atomic E-state index is 8.98. The molecule has 2 aromatic carbocycles. The Bertz CT molecular complexity index is 873. The summed E-state index contributed by atoms with van der Waals surface area (Å²) in [5.74, 6) is 2.47. The van der Waals surface area contributed by atoms with Gasteiger partial charge in [-0.25, -0.2) is 0 Å². The second-order valence-electron chi connectivity index (χ2n) is 8.45. The molecule has 1 saturated heterocycles. The molecule has 1 N–H and O–H groups in total. The van der Waals surface area contributed by atoms with Crippen LogP contribution in [0.3, 0.4) is 0 Å². The third kappa shape index (κ3) is 5.32. The number of ether oxygens (including phenoxy) is 3. The van der Waals surface area contributed by atoms with E-state index in [9.17, 15) is 0 Å². The smallest absolute Gasteiger partial charge is 0.161 e. The summed E-state index contributed by atoms with van der Waals surface area (Å²) in [5, 5.41) is 8.98. The van der Waals surface area contributed by atoms with Gasteiger partial charge in [-0.05, 0) is 66.8 Å². The van der Waals surface area contributed by atoms with Crippen molar-refractivity contribution in [3.8, 4) is 17.2 Å². The fraction of sp³-hybridized carbons (Fsp3) is 0.520. The first kappa shape index (κ1) is 21.9. The molecule has 0 radical (unpaired) electrons. The number of hydrogen-bond donors (Lipinski definition) is 1. The summed E-state index contributed by atoms with van der Waals surface area (Å²) in [4.78, 5) is 5.20. The minimum atomic E-state index is 0.0374. The molecule has 6 nitrogen and oxygen atoms in total. The molecule has 0 spiro atoms. The van der Waals surface area contributed by atoms with Crippen LogP contribution in [0.2, 0.25) is 0 Å². The highest BCUT2D eigenvalue weighted by atomic mass is 16.5. The van der Waals surface area contributed by atoms with Crippen LogP contribution >= 0.6 is 0 Å². The highest BCUT2D eigenvalue weighted by Gasteiger charge is 2.28. The summed E-state index contributed by atoms with van der Waals surface area (Å²) in [6.07, 6.45) is 3.52. The van der Waals surface area contributed by atoms with Crippen LogP contribution in [0.4, 0.5) is 0 Å². The average molecular weight is 427 g/mol. The van der Waals surface area contributed by atoms with Crippen molar-refractivity contribution < 1.29 is 19.3 Å². The molecule has 0 amide bonds. The van der Waals surface area contributed by atoms with Crippen LogP contribution in [0.1, 0.15) is 29.5 Å². The molecule has 31 heavy (non-hydrogen) atoms. The van der Waals surface area contributed by atoms with E-state index < -0.39 is 0 Å². The van der Waals surface area contributed by atoms with Crippen molar-refractivity contribution in [2.24, 2.45) is 0 Å². The lowest BCUT2D eigenvalue weighted by molar-refractivity contribution is 0.0837. The van der Waals surface area contributed by atoms with Gasteiger partial charge in [0.1, 0.15) is 12.4 Å². The van der Waals surface area contributed by atoms with Gasteiger partial charge in [-0.2, -0.15) is 0 Å². The Morgan fingerprint density at radius 3 is 2.61 bits per heavy atom. The van der Waals surface area contributed by atoms with Crippen LogP contribution in [-0.4, -0.2) is 68.0 Å². The molecule has 2 aliphatic heterocycles. The zero-order valence-electron chi connectivity index (χ0n) is 18.7. The lowest BCUT2D eigenvalue weighted by atomic mass is 9.95. The summed E-state index contributed by atoms with van der Waals surface area (Å²) in [6, 6.07) is 13.1. The molecule has 2 aliphatic rings. The fourth-order valence-corrected chi connectivity index (χ4v) is 4.84. The van der Waals surface area contributed by atoms with Crippen molar-refractivity contribution in [3.05, 3.63) is 53.1 Å². The van der Waals surface area contributed by atoms with E-state index in [1.165, 1.54) is 29.5 Å². The molecule has 1 atom stereocenters. The topological polar surface area (TPSA) is 54.4 Å². The number of likely N-dealkylation sites (tertiary alicyclic amines) is 1. The molecule has 2 heterocycles.